The van der Waals surface area contributed by atoms with Gasteiger partial charge in [-0.15, -0.1) is 10.6 Å². The van der Waals surface area contributed by atoms with Crippen molar-refractivity contribution >= 4 is 28.4 Å². The second kappa shape index (κ2) is 7.08. The molecule has 0 bridgehead atoms. The molecule has 132 valence electrons. The van der Waals surface area contributed by atoms with Crippen molar-refractivity contribution in [3.05, 3.63) is 80.7 Å². The molecule has 0 atom stereocenters. The highest BCUT2D eigenvalue weighted by molar-refractivity contribution is 14.1. The van der Waals surface area contributed by atoms with Gasteiger partial charge in [-0.25, -0.2) is 10.2 Å². The fraction of sp³-hybridized carbons (Fsp3) is 0.158. The van der Waals surface area contributed by atoms with Gasteiger partial charge in [-0.05, 0) is 65.3 Å². The van der Waals surface area contributed by atoms with E-state index >= 15 is 0 Å². The lowest BCUT2D eigenvalue weighted by Crippen LogP contribution is -2.40. The van der Waals surface area contributed by atoms with Gasteiger partial charge in [0.05, 0.1) is 24.0 Å². The standard InChI is InChI=1S/C19H19IN6/c1-13-8-14(2)10-16(9-13)26-18(20)17(11-21-26)19-22-23-24-25(19)12-15-6-4-3-5-7-15/h3-11,23-24H,12H2,1-2H3. The van der Waals surface area contributed by atoms with Crippen LogP contribution >= 0.6 is 22.6 Å². The van der Waals surface area contributed by atoms with E-state index in [1.54, 1.807) is 0 Å². The van der Waals surface area contributed by atoms with Crippen molar-refractivity contribution in [2.24, 2.45) is 5.10 Å². The molecule has 1 aliphatic heterocycles. The molecule has 1 aliphatic rings. The lowest BCUT2D eigenvalue weighted by Gasteiger charge is -2.18. The van der Waals surface area contributed by atoms with Crippen LogP contribution in [0.25, 0.3) is 5.69 Å². The van der Waals surface area contributed by atoms with Crippen LogP contribution in [0.3, 0.4) is 0 Å². The van der Waals surface area contributed by atoms with E-state index in [0.717, 1.165) is 20.8 Å². The van der Waals surface area contributed by atoms with Gasteiger partial charge >= 0.3 is 0 Å². The number of rotatable bonds is 4. The van der Waals surface area contributed by atoms with Crippen molar-refractivity contribution in [2.75, 3.05) is 0 Å². The molecule has 1 aromatic heterocycles. The Bertz CT molecular complexity index is 943. The number of nitrogens with zero attached hydrogens (tertiary/aromatic N) is 4. The summed E-state index contributed by atoms with van der Waals surface area (Å²) in [6, 6.07) is 16.7. The SMILES string of the molecule is Cc1cc(C)cc(-n2ncc(C3=NNNN3Cc3ccccc3)c2I)c1. The van der Waals surface area contributed by atoms with Crippen LogP contribution in [-0.2, 0) is 6.54 Å². The van der Waals surface area contributed by atoms with Crippen LogP contribution in [0.1, 0.15) is 22.3 Å². The molecule has 0 spiro atoms. The Morgan fingerprint density at radius 2 is 1.77 bits per heavy atom. The zero-order valence-corrected chi connectivity index (χ0v) is 16.7. The Hall–Kier alpha value is -2.39. The average molecular weight is 458 g/mol. The Balaban J connectivity index is 1.65. The van der Waals surface area contributed by atoms with E-state index < -0.39 is 0 Å². The molecule has 3 aromatic rings. The lowest BCUT2D eigenvalue weighted by atomic mass is 10.1. The summed E-state index contributed by atoms with van der Waals surface area (Å²) >= 11 is 2.33. The summed E-state index contributed by atoms with van der Waals surface area (Å²) in [7, 11) is 0. The second-order valence-corrected chi connectivity index (χ2v) is 7.36. The van der Waals surface area contributed by atoms with Gasteiger partial charge in [0, 0.05) is 0 Å². The molecule has 0 radical (unpaired) electrons. The van der Waals surface area contributed by atoms with Gasteiger partial charge in [-0.1, -0.05) is 36.4 Å². The van der Waals surface area contributed by atoms with Crippen molar-refractivity contribution in [1.29, 1.82) is 0 Å². The molecular formula is C19H19IN6. The maximum absolute atomic E-state index is 4.60. The van der Waals surface area contributed by atoms with E-state index in [1.165, 1.54) is 16.7 Å². The highest BCUT2D eigenvalue weighted by Crippen LogP contribution is 2.22. The number of hydrazone groups is 1. The van der Waals surface area contributed by atoms with Gasteiger partial charge in [0.15, 0.2) is 5.84 Å². The molecule has 4 rings (SSSR count). The summed E-state index contributed by atoms with van der Waals surface area (Å²) in [6.45, 7) is 4.91. The fourth-order valence-corrected chi connectivity index (χ4v) is 3.86. The minimum Gasteiger partial charge on any atom is -0.266 e. The minimum absolute atomic E-state index is 0.706. The van der Waals surface area contributed by atoms with E-state index in [4.69, 9.17) is 0 Å². The first-order valence-electron chi connectivity index (χ1n) is 8.34. The van der Waals surface area contributed by atoms with Crippen LogP contribution in [0.4, 0.5) is 0 Å². The second-order valence-electron chi connectivity index (χ2n) is 6.34. The molecule has 2 N–H and O–H groups in total. The molecule has 0 saturated heterocycles. The molecular weight excluding hydrogens is 439 g/mol. The van der Waals surface area contributed by atoms with E-state index in [1.807, 2.05) is 34.1 Å². The average Bonchev–Trinajstić information content (AvgIpc) is 3.21. The molecule has 26 heavy (non-hydrogen) atoms. The van der Waals surface area contributed by atoms with Crippen molar-refractivity contribution in [1.82, 2.24) is 25.9 Å². The number of hydrogen-bond donors (Lipinski definition) is 2. The Kier molecular flexibility index (Phi) is 4.64. The molecule has 0 unspecified atom stereocenters. The number of halogens is 1. The van der Waals surface area contributed by atoms with Crippen molar-refractivity contribution in [2.45, 2.75) is 20.4 Å². The summed E-state index contributed by atoms with van der Waals surface area (Å²) in [5.74, 6) is 0.828. The maximum atomic E-state index is 4.60. The summed E-state index contributed by atoms with van der Waals surface area (Å²) < 4.78 is 2.98. The molecule has 0 amide bonds. The number of hydrazine groups is 2. The summed E-state index contributed by atoms with van der Waals surface area (Å²) in [5.41, 5.74) is 11.6. The van der Waals surface area contributed by atoms with Gasteiger partial charge in [0.1, 0.15) is 3.70 Å². The molecule has 0 aliphatic carbocycles. The zero-order valence-electron chi connectivity index (χ0n) is 14.6. The first-order chi connectivity index (χ1) is 12.6. The largest absolute Gasteiger partial charge is 0.266 e. The minimum atomic E-state index is 0.706. The first-order valence-corrected chi connectivity index (χ1v) is 9.42. The molecule has 2 heterocycles. The molecule has 6 nitrogen and oxygen atoms in total. The predicted octanol–water partition coefficient (Wildman–Crippen LogP) is 3.28. The van der Waals surface area contributed by atoms with Gasteiger partial charge in [-0.2, -0.15) is 5.10 Å². The van der Waals surface area contributed by atoms with E-state index in [-0.39, 0.29) is 0 Å². The maximum Gasteiger partial charge on any atom is 0.177 e. The third-order valence-corrected chi connectivity index (χ3v) is 5.23. The predicted molar refractivity (Wildman–Crippen MR) is 111 cm³/mol. The third-order valence-electron chi connectivity index (χ3n) is 4.19. The van der Waals surface area contributed by atoms with Gasteiger partial charge in [-0.3, -0.25) is 5.01 Å². The smallest absolute Gasteiger partial charge is 0.177 e. The number of hydrogen-bond acceptors (Lipinski definition) is 5. The normalized spacial score (nSPS) is 13.7. The number of amidine groups is 1. The fourth-order valence-electron chi connectivity index (χ4n) is 3.07. The van der Waals surface area contributed by atoms with Crippen molar-refractivity contribution in [3.8, 4) is 5.69 Å². The lowest BCUT2D eigenvalue weighted by molar-refractivity contribution is 0.288. The van der Waals surface area contributed by atoms with Crippen LogP contribution in [0.5, 0.6) is 0 Å². The van der Waals surface area contributed by atoms with E-state index in [0.29, 0.717) is 6.54 Å². The Labute approximate surface area is 166 Å². The monoisotopic (exact) mass is 458 g/mol. The van der Waals surface area contributed by atoms with Crippen LogP contribution in [0, 0.1) is 17.5 Å². The van der Waals surface area contributed by atoms with Crippen molar-refractivity contribution in [3.63, 3.8) is 0 Å². The summed E-state index contributed by atoms with van der Waals surface area (Å²) in [4.78, 5) is 0. The molecule has 7 heteroatoms. The van der Waals surface area contributed by atoms with Gasteiger partial charge in [0.25, 0.3) is 0 Å². The highest BCUT2D eigenvalue weighted by Gasteiger charge is 2.24. The van der Waals surface area contributed by atoms with E-state index in [9.17, 15) is 0 Å². The summed E-state index contributed by atoms with van der Waals surface area (Å²) in [6.07, 6.45) is 1.87. The highest BCUT2D eigenvalue weighted by atomic mass is 127. The topological polar surface area (TPSA) is 57.5 Å². The first kappa shape index (κ1) is 17.0. The number of aryl methyl sites for hydroxylation is 2. The van der Waals surface area contributed by atoms with Crippen molar-refractivity contribution < 1.29 is 0 Å². The van der Waals surface area contributed by atoms with Crippen LogP contribution < -0.4 is 11.1 Å². The van der Waals surface area contributed by atoms with Crippen LogP contribution in [0.15, 0.2) is 59.8 Å². The number of benzene rings is 2. The number of aromatic nitrogens is 2. The molecule has 0 saturated carbocycles. The number of nitrogens with one attached hydrogen (secondary N) is 2. The third kappa shape index (κ3) is 3.32. The summed E-state index contributed by atoms with van der Waals surface area (Å²) in [5, 5.41) is 11.0. The van der Waals surface area contributed by atoms with Gasteiger partial charge < -0.3 is 0 Å². The quantitative estimate of drug-likeness (QED) is 0.590. The van der Waals surface area contributed by atoms with Crippen LogP contribution in [-0.4, -0.2) is 20.6 Å². The molecule has 0 fully saturated rings. The van der Waals surface area contributed by atoms with Crippen LogP contribution in [0.2, 0.25) is 0 Å². The van der Waals surface area contributed by atoms with E-state index in [2.05, 4.69) is 88.0 Å². The molecule has 2 aromatic carbocycles. The zero-order chi connectivity index (χ0) is 18.1. The van der Waals surface area contributed by atoms with Gasteiger partial charge in [0.2, 0.25) is 0 Å². The Morgan fingerprint density at radius 3 is 2.50 bits per heavy atom. The Morgan fingerprint density at radius 1 is 1.04 bits per heavy atom.